The summed E-state index contributed by atoms with van der Waals surface area (Å²) in [6.45, 7) is 6.83. The predicted molar refractivity (Wildman–Crippen MR) is 97.2 cm³/mol. The molecule has 136 valence electrons. The van der Waals surface area contributed by atoms with E-state index in [1.807, 2.05) is 18.2 Å². The Balaban J connectivity index is 1.94. The first-order valence-corrected chi connectivity index (χ1v) is 8.16. The van der Waals surface area contributed by atoms with Crippen molar-refractivity contribution in [1.82, 2.24) is 25.6 Å². The average molecular weight is 355 g/mol. The highest BCUT2D eigenvalue weighted by Crippen LogP contribution is 2.33. The lowest BCUT2D eigenvalue weighted by molar-refractivity contribution is 0.191. The maximum Gasteiger partial charge on any atom is 0.259 e. The van der Waals surface area contributed by atoms with Gasteiger partial charge in [-0.1, -0.05) is 20.8 Å². The van der Waals surface area contributed by atoms with Crippen molar-refractivity contribution in [2.45, 2.75) is 20.8 Å². The van der Waals surface area contributed by atoms with Gasteiger partial charge in [0.25, 0.3) is 5.56 Å². The second kappa shape index (κ2) is 6.99. The highest BCUT2D eigenvalue weighted by atomic mass is 16.5. The van der Waals surface area contributed by atoms with E-state index >= 15 is 0 Å². The Labute approximate surface area is 150 Å². The van der Waals surface area contributed by atoms with E-state index < -0.39 is 0 Å². The maximum absolute atomic E-state index is 12.3. The summed E-state index contributed by atoms with van der Waals surface area (Å²) in [5, 5.41) is 13.3. The van der Waals surface area contributed by atoms with E-state index in [1.165, 1.54) is 0 Å². The quantitative estimate of drug-likeness (QED) is 0.729. The summed E-state index contributed by atoms with van der Waals surface area (Å²) >= 11 is 0. The molecular formula is C18H21N5O3. The fraction of sp³-hybridized carbons (Fsp3) is 0.333. The van der Waals surface area contributed by atoms with E-state index in [1.54, 1.807) is 19.2 Å². The second-order valence-corrected chi connectivity index (χ2v) is 7.08. The van der Waals surface area contributed by atoms with Crippen LogP contribution >= 0.6 is 0 Å². The molecule has 8 nitrogen and oxygen atoms in total. The zero-order valence-corrected chi connectivity index (χ0v) is 15.2. The minimum Gasteiger partial charge on any atom is -0.493 e. The summed E-state index contributed by atoms with van der Waals surface area (Å²) in [4.78, 5) is 15.2. The molecule has 2 N–H and O–H groups in total. The van der Waals surface area contributed by atoms with Gasteiger partial charge in [0, 0.05) is 11.3 Å². The SMILES string of the molecule is COc1ccc(-c2ccc(-c3nnn[nH]3)c(=O)[nH]2)cc1OCC(C)(C)C. The van der Waals surface area contributed by atoms with Crippen LogP contribution in [0.4, 0.5) is 0 Å². The standard InChI is InChI=1S/C18H21N5O3/c1-18(2,3)10-26-15-9-11(5-8-14(15)25-4)13-7-6-12(17(24)19-13)16-20-22-23-21-16/h5-9H,10H2,1-4H3,(H,19,24)(H,20,21,22,23). The molecule has 3 aromatic rings. The van der Waals surface area contributed by atoms with E-state index in [-0.39, 0.29) is 11.0 Å². The number of benzene rings is 1. The third kappa shape index (κ3) is 3.90. The zero-order valence-electron chi connectivity index (χ0n) is 15.2. The van der Waals surface area contributed by atoms with E-state index in [9.17, 15) is 4.79 Å². The number of H-pyrrole nitrogens is 2. The molecule has 0 saturated heterocycles. The number of hydrogen-bond acceptors (Lipinski definition) is 6. The smallest absolute Gasteiger partial charge is 0.259 e. The lowest BCUT2D eigenvalue weighted by atomic mass is 9.98. The van der Waals surface area contributed by atoms with Gasteiger partial charge in [-0.15, -0.1) is 5.10 Å². The maximum atomic E-state index is 12.3. The van der Waals surface area contributed by atoms with Gasteiger partial charge in [-0.2, -0.15) is 0 Å². The molecule has 0 atom stereocenters. The van der Waals surface area contributed by atoms with Crippen LogP contribution in [0, 0.1) is 5.41 Å². The van der Waals surface area contributed by atoms with Gasteiger partial charge in [0.1, 0.15) is 0 Å². The summed E-state index contributed by atoms with van der Waals surface area (Å²) in [6, 6.07) is 9.01. The molecule has 1 aromatic carbocycles. The van der Waals surface area contributed by atoms with Gasteiger partial charge in [0.15, 0.2) is 17.3 Å². The first-order chi connectivity index (χ1) is 12.4. The Morgan fingerprint density at radius 3 is 2.54 bits per heavy atom. The largest absolute Gasteiger partial charge is 0.493 e. The lowest BCUT2D eigenvalue weighted by Crippen LogP contribution is -2.17. The molecule has 0 aliphatic rings. The number of nitrogens with one attached hydrogen (secondary N) is 2. The molecule has 8 heteroatoms. The number of aromatic amines is 2. The van der Waals surface area contributed by atoms with Crippen molar-refractivity contribution >= 4 is 0 Å². The van der Waals surface area contributed by atoms with E-state index in [0.29, 0.717) is 35.2 Å². The third-order valence-corrected chi connectivity index (χ3v) is 3.65. The summed E-state index contributed by atoms with van der Waals surface area (Å²) in [5.41, 5.74) is 1.58. The van der Waals surface area contributed by atoms with Crippen LogP contribution in [-0.2, 0) is 0 Å². The first-order valence-electron chi connectivity index (χ1n) is 8.16. The Morgan fingerprint density at radius 1 is 1.12 bits per heavy atom. The topological polar surface area (TPSA) is 106 Å². The van der Waals surface area contributed by atoms with Crippen molar-refractivity contribution in [3.63, 3.8) is 0 Å². The highest BCUT2D eigenvalue weighted by molar-refractivity contribution is 5.66. The predicted octanol–water partition coefficient (Wildman–Crippen LogP) is 2.66. The van der Waals surface area contributed by atoms with Crippen LogP contribution in [0.2, 0.25) is 0 Å². The molecule has 0 radical (unpaired) electrons. The summed E-state index contributed by atoms with van der Waals surface area (Å²) < 4.78 is 11.3. The van der Waals surface area contributed by atoms with Crippen molar-refractivity contribution in [2.24, 2.45) is 5.41 Å². The summed E-state index contributed by atoms with van der Waals surface area (Å²) in [6.07, 6.45) is 0. The van der Waals surface area contributed by atoms with Crippen LogP contribution in [0.1, 0.15) is 20.8 Å². The van der Waals surface area contributed by atoms with Crippen LogP contribution in [0.5, 0.6) is 11.5 Å². The molecule has 2 aromatic heterocycles. The van der Waals surface area contributed by atoms with Crippen molar-refractivity contribution in [1.29, 1.82) is 0 Å². The molecule has 26 heavy (non-hydrogen) atoms. The number of rotatable bonds is 5. The Kier molecular flexibility index (Phi) is 4.75. The molecular weight excluding hydrogens is 334 g/mol. The molecule has 0 amide bonds. The lowest BCUT2D eigenvalue weighted by Gasteiger charge is -2.20. The Hall–Kier alpha value is -3.16. The van der Waals surface area contributed by atoms with Crippen molar-refractivity contribution in [2.75, 3.05) is 13.7 Å². The van der Waals surface area contributed by atoms with E-state index in [4.69, 9.17) is 9.47 Å². The number of pyridine rings is 1. The number of hydrogen-bond donors (Lipinski definition) is 2. The van der Waals surface area contributed by atoms with E-state index in [0.717, 1.165) is 5.56 Å². The van der Waals surface area contributed by atoms with Gasteiger partial charge in [-0.05, 0) is 46.2 Å². The van der Waals surface area contributed by atoms with Crippen LogP contribution in [0.25, 0.3) is 22.6 Å². The summed E-state index contributed by atoms with van der Waals surface area (Å²) in [7, 11) is 1.60. The highest BCUT2D eigenvalue weighted by Gasteiger charge is 2.15. The van der Waals surface area contributed by atoms with Crippen molar-refractivity contribution in [3.8, 4) is 34.1 Å². The second-order valence-electron chi connectivity index (χ2n) is 7.08. The monoisotopic (exact) mass is 355 g/mol. The minimum absolute atomic E-state index is 0.0160. The Bertz CT molecular complexity index is 942. The average Bonchev–Trinajstić information content (AvgIpc) is 3.13. The number of methoxy groups -OCH3 is 1. The number of aromatic nitrogens is 5. The van der Waals surface area contributed by atoms with Crippen LogP contribution in [0.15, 0.2) is 35.1 Å². The van der Waals surface area contributed by atoms with Gasteiger partial charge >= 0.3 is 0 Å². The van der Waals surface area contributed by atoms with Crippen molar-refractivity contribution in [3.05, 3.63) is 40.7 Å². The van der Waals surface area contributed by atoms with E-state index in [2.05, 4.69) is 46.4 Å². The van der Waals surface area contributed by atoms with Crippen LogP contribution in [-0.4, -0.2) is 39.3 Å². The third-order valence-electron chi connectivity index (χ3n) is 3.65. The number of nitrogens with zero attached hydrogens (tertiary/aromatic N) is 3. The molecule has 0 aliphatic heterocycles. The molecule has 0 spiro atoms. The molecule has 0 unspecified atom stereocenters. The van der Waals surface area contributed by atoms with Gasteiger partial charge in [0.05, 0.1) is 19.3 Å². The molecule has 0 aliphatic carbocycles. The van der Waals surface area contributed by atoms with Gasteiger partial charge in [-0.25, -0.2) is 5.10 Å². The summed E-state index contributed by atoms with van der Waals surface area (Å²) in [5.74, 6) is 1.59. The fourth-order valence-electron chi connectivity index (χ4n) is 2.35. The molecule has 3 rings (SSSR count). The zero-order chi connectivity index (χ0) is 18.7. The van der Waals surface area contributed by atoms with Gasteiger partial charge in [0.2, 0.25) is 0 Å². The number of ether oxygens (including phenoxy) is 2. The Morgan fingerprint density at radius 2 is 1.92 bits per heavy atom. The first kappa shape index (κ1) is 17.7. The minimum atomic E-state index is -0.283. The number of tetrazole rings is 1. The van der Waals surface area contributed by atoms with Gasteiger partial charge in [-0.3, -0.25) is 4.79 Å². The molecule has 0 fully saturated rings. The molecule has 0 bridgehead atoms. The van der Waals surface area contributed by atoms with Crippen LogP contribution in [0.3, 0.4) is 0 Å². The normalized spacial score (nSPS) is 11.4. The molecule has 0 saturated carbocycles. The molecule has 2 heterocycles. The van der Waals surface area contributed by atoms with Crippen molar-refractivity contribution < 1.29 is 9.47 Å². The van der Waals surface area contributed by atoms with Crippen LogP contribution < -0.4 is 15.0 Å². The van der Waals surface area contributed by atoms with Gasteiger partial charge < -0.3 is 14.5 Å². The fourth-order valence-corrected chi connectivity index (χ4v) is 2.35.